The van der Waals surface area contributed by atoms with Crippen molar-refractivity contribution in [2.75, 3.05) is 0 Å². The van der Waals surface area contributed by atoms with Gasteiger partial charge in [-0.3, -0.25) is 9.59 Å². The molecule has 0 radical (unpaired) electrons. The summed E-state index contributed by atoms with van der Waals surface area (Å²) >= 11 is 0. The summed E-state index contributed by atoms with van der Waals surface area (Å²) in [5.41, 5.74) is 0.0759. The van der Waals surface area contributed by atoms with Crippen LogP contribution in [0.1, 0.15) is 18.0 Å². The second kappa shape index (κ2) is 5.20. The van der Waals surface area contributed by atoms with Crippen LogP contribution < -0.4 is 5.32 Å². The van der Waals surface area contributed by atoms with Crippen LogP contribution in [0.5, 0.6) is 0 Å². The molecule has 1 atom stereocenters. The summed E-state index contributed by atoms with van der Waals surface area (Å²) in [5, 5.41) is 10.8. The Labute approximate surface area is 89.9 Å². The average Bonchev–Trinajstić information content (AvgIpc) is 2.14. The third-order valence-corrected chi connectivity index (χ3v) is 1.94. The molecule has 1 amide bonds. The SMILES string of the molecule is O=CN[C@@H](CC(=O)O)c1cc(F)cc(F)c1. The number of aliphatic carboxylic acids is 1. The largest absolute Gasteiger partial charge is 0.481 e. The van der Waals surface area contributed by atoms with Crippen LogP contribution in [0.2, 0.25) is 0 Å². The highest BCUT2D eigenvalue weighted by molar-refractivity contribution is 5.68. The molecule has 1 aromatic rings. The summed E-state index contributed by atoms with van der Waals surface area (Å²) in [4.78, 5) is 20.7. The first-order valence-corrected chi connectivity index (χ1v) is 4.40. The molecule has 2 N–H and O–H groups in total. The number of carbonyl (C=O) groups is 2. The standard InChI is InChI=1S/C10H9F2NO3/c11-7-1-6(2-8(12)3-7)9(13-5-14)4-10(15)16/h1-3,5,9H,4H2,(H,13,14)(H,15,16)/t9-/m0/s1. The number of nitrogens with one attached hydrogen (secondary N) is 1. The number of amides is 1. The predicted molar refractivity (Wildman–Crippen MR) is 50.6 cm³/mol. The summed E-state index contributed by atoms with van der Waals surface area (Å²) in [6.45, 7) is 0. The molecule has 0 spiro atoms. The van der Waals surface area contributed by atoms with Gasteiger partial charge >= 0.3 is 5.97 Å². The van der Waals surface area contributed by atoms with Gasteiger partial charge in [0.2, 0.25) is 6.41 Å². The summed E-state index contributed by atoms with van der Waals surface area (Å²) < 4.78 is 25.7. The fourth-order valence-corrected chi connectivity index (χ4v) is 1.31. The lowest BCUT2D eigenvalue weighted by Gasteiger charge is -2.14. The minimum Gasteiger partial charge on any atom is -0.481 e. The van der Waals surface area contributed by atoms with Crippen LogP contribution in [-0.2, 0) is 9.59 Å². The average molecular weight is 229 g/mol. The zero-order valence-electron chi connectivity index (χ0n) is 8.11. The van der Waals surface area contributed by atoms with Crippen molar-refractivity contribution in [3.8, 4) is 0 Å². The van der Waals surface area contributed by atoms with Gasteiger partial charge in [-0.2, -0.15) is 0 Å². The van der Waals surface area contributed by atoms with Gasteiger partial charge in [0, 0.05) is 6.07 Å². The Bertz CT molecular complexity index is 389. The van der Waals surface area contributed by atoms with E-state index < -0.39 is 30.1 Å². The molecule has 0 aliphatic carbocycles. The minimum atomic E-state index is -1.18. The number of rotatable bonds is 5. The number of carbonyl (C=O) groups excluding carboxylic acids is 1. The zero-order valence-corrected chi connectivity index (χ0v) is 8.11. The van der Waals surface area contributed by atoms with Gasteiger partial charge in [0.15, 0.2) is 0 Å². The van der Waals surface area contributed by atoms with E-state index in [9.17, 15) is 18.4 Å². The molecule has 0 saturated carbocycles. The molecule has 1 rings (SSSR count). The quantitative estimate of drug-likeness (QED) is 0.746. The van der Waals surface area contributed by atoms with Crippen LogP contribution in [-0.4, -0.2) is 17.5 Å². The minimum absolute atomic E-state index is 0.0759. The molecule has 1 aromatic carbocycles. The number of carboxylic acids is 1. The van der Waals surface area contributed by atoms with Crippen LogP contribution >= 0.6 is 0 Å². The first-order valence-electron chi connectivity index (χ1n) is 4.40. The van der Waals surface area contributed by atoms with Crippen molar-refractivity contribution in [2.24, 2.45) is 0 Å². The molecule has 0 aromatic heterocycles. The summed E-state index contributed by atoms with van der Waals surface area (Å²) in [6, 6.07) is 1.68. The lowest BCUT2D eigenvalue weighted by molar-refractivity contribution is -0.137. The molecule has 4 nitrogen and oxygen atoms in total. The van der Waals surface area contributed by atoms with Gasteiger partial charge in [0.25, 0.3) is 0 Å². The Morgan fingerprint density at radius 3 is 2.38 bits per heavy atom. The summed E-state index contributed by atoms with van der Waals surface area (Å²) in [5.74, 6) is -2.82. The Balaban J connectivity index is 2.99. The van der Waals surface area contributed by atoms with E-state index in [0.717, 1.165) is 12.1 Å². The van der Waals surface area contributed by atoms with Crippen LogP contribution in [0, 0.1) is 11.6 Å². The number of hydrogen-bond acceptors (Lipinski definition) is 2. The molecule has 0 aliphatic rings. The highest BCUT2D eigenvalue weighted by Gasteiger charge is 2.16. The van der Waals surface area contributed by atoms with Gasteiger partial charge in [-0.25, -0.2) is 8.78 Å². The fourth-order valence-electron chi connectivity index (χ4n) is 1.31. The molecule has 0 aliphatic heterocycles. The lowest BCUT2D eigenvalue weighted by Crippen LogP contribution is -2.22. The molecule has 0 fully saturated rings. The number of hydrogen-bond donors (Lipinski definition) is 2. The van der Waals surface area contributed by atoms with Gasteiger partial charge in [0.05, 0.1) is 12.5 Å². The molecule has 0 heterocycles. The van der Waals surface area contributed by atoms with Crippen molar-refractivity contribution in [2.45, 2.75) is 12.5 Å². The van der Waals surface area contributed by atoms with E-state index in [2.05, 4.69) is 5.32 Å². The second-order valence-electron chi connectivity index (χ2n) is 3.14. The molecule has 16 heavy (non-hydrogen) atoms. The number of benzene rings is 1. The van der Waals surface area contributed by atoms with Gasteiger partial charge in [-0.1, -0.05) is 0 Å². The van der Waals surface area contributed by atoms with Crippen LogP contribution in [0.3, 0.4) is 0 Å². The van der Waals surface area contributed by atoms with Gasteiger partial charge in [-0.05, 0) is 17.7 Å². The third kappa shape index (κ3) is 3.30. The smallest absolute Gasteiger partial charge is 0.305 e. The summed E-state index contributed by atoms with van der Waals surface area (Å²) in [7, 11) is 0. The Morgan fingerprint density at radius 1 is 1.38 bits per heavy atom. The van der Waals surface area contributed by atoms with Crippen molar-refractivity contribution in [3.63, 3.8) is 0 Å². The highest BCUT2D eigenvalue weighted by Crippen LogP contribution is 2.18. The Kier molecular flexibility index (Phi) is 3.93. The third-order valence-electron chi connectivity index (χ3n) is 1.94. The van der Waals surface area contributed by atoms with E-state index in [1.165, 1.54) is 0 Å². The number of halogens is 2. The van der Waals surface area contributed by atoms with E-state index in [1.807, 2.05) is 0 Å². The normalized spacial score (nSPS) is 11.9. The molecule has 0 saturated heterocycles. The van der Waals surface area contributed by atoms with Gasteiger partial charge in [-0.15, -0.1) is 0 Å². The van der Waals surface area contributed by atoms with Crippen molar-refractivity contribution >= 4 is 12.4 Å². The van der Waals surface area contributed by atoms with Crippen molar-refractivity contribution in [1.82, 2.24) is 5.32 Å². The van der Waals surface area contributed by atoms with E-state index in [0.29, 0.717) is 6.07 Å². The first-order chi connectivity index (χ1) is 7.52. The molecule has 86 valence electrons. The van der Waals surface area contributed by atoms with E-state index >= 15 is 0 Å². The monoisotopic (exact) mass is 229 g/mol. The molecular formula is C10H9F2NO3. The van der Waals surface area contributed by atoms with Crippen LogP contribution in [0.25, 0.3) is 0 Å². The van der Waals surface area contributed by atoms with Crippen molar-refractivity contribution < 1.29 is 23.5 Å². The van der Waals surface area contributed by atoms with Gasteiger partial charge in [0.1, 0.15) is 11.6 Å². The maximum atomic E-state index is 12.9. The predicted octanol–water partition coefficient (Wildman–Crippen LogP) is 1.23. The zero-order chi connectivity index (χ0) is 12.1. The maximum absolute atomic E-state index is 12.9. The fraction of sp³-hybridized carbons (Fsp3) is 0.200. The van der Waals surface area contributed by atoms with Crippen molar-refractivity contribution in [1.29, 1.82) is 0 Å². The van der Waals surface area contributed by atoms with E-state index in [1.54, 1.807) is 0 Å². The van der Waals surface area contributed by atoms with Gasteiger partial charge < -0.3 is 10.4 Å². The first kappa shape index (κ1) is 12.1. The van der Waals surface area contributed by atoms with E-state index in [4.69, 9.17) is 5.11 Å². The molecule has 6 heteroatoms. The van der Waals surface area contributed by atoms with Crippen LogP contribution in [0.15, 0.2) is 18.2 Å². The Morgan fingerprint density at radius 2 is 1.94 bits per heavy atom. The molecule has 0 bridgehead atoms. The highest BCUT2D eigenvalue weighted by atomic mass is 19.1. The Hall–Kier alpha value is -1.98. The molecular weight excluding hydrogens is 220 g/mol. The second-order valence-corrected chi connectivity index (χ2v) is 3.14. The lowest BCUT2D eigenvalue weighted by atomic mass is 10.0. The number of carboxylic acid groups (broad SMARTS) is 1. The topological polar surface area (TPSA) is 66.4 Å². The summed E-state index contributed by atoms with van der Waals surface area (Å²) in [6.07, 6.45) is -0.155. The maximum Gasteiger partial charge on any atom is 0.305 e. The van der Waals surface area contributed by atoms with E-state index in [-0.39, 0.29) is 12.0 Å². The molecule has 0 unspecified atom stereocenters. The van der Waals surface area contributed by atoms with Crippen molar-refractivity contribution in [3.05, 3.63) is 35.4 Å². The van der Waals surface area contributed by atoms with Crippen LogP contribution in [0.4, 0.5) is 8.78 Å².